The number of benzene rings is 2. The molecule has 0 fully saturated rings. The number of hydroxylamine groups is 1. The predicted octanol–water partition coefficient (Wildman–Crippen LogP) is 5.52. The maximum absolute atomic E-state index is 12.7. The van der Waals surface area contributed by atoms with E-state index >= 15 is 0 Å². The van der Waals surface area contributed by atoms with E-state index in [4.69, 9.17) is 9.94 Å². The number of ketones is 1. The Morgan fingerprint density at radius 2 is 1.82 bits per heavy atom. The zero-order valence-corrected chi connectivity index (χ0v) is 20.2. The third-order valence-corrected chi connectivity index (χ3v) is 5.57. The second kappa shape index (κ2) is 11.6. The van der Waals surface area contributed by atoms with Gasteiger partial charge in [0.15, 0.2) is 5.78 Å². The van der Waals surface area contributed by atoms with Gasteiger partial charge in [-0.1, -0.05) is 35.9 Å². The van der Waals surface area contributed by atoms with E-state index in [0.29, 0.717) is 34.1 Å². The molecular formula is C24H27BrN2O6. The van der Waals surface area contributed by atoms with Crippen molar-refractivity contribution in [2.75, 3.05) is 5.32 Å². The number of amides is 2. The van der Waals surface area contributed by atoms with Crippen LogP contribution in [-0.4, -0.2) is 28.1 Å². The SMILES string of the molecule is CC(=O)c1ccc(NC(=O)O[C@H](c2cc(Br)ccc2O)C(C)(C)CC/C=C/C(=O)NO)cc1. The first-order valence-electron chi connectivity index (χ1n) is 10.2. The summed E-state index contributed by atoms with van der Waals surface area (Å²) in [6, 6.07) is 11.3. The summed E-state index contributed by atoms with van der Waals surface area (Å²) in [6.07, 6.45) is 2.22. The van der Waals surface area contributed by atoms with E-state index in [-0.39, 0.29) is 11.5 Å². The summed E-state index contributed by atoms with van der Waals surface area (Å²) < 4.78 is 6.48. The number of hydrogen-bond acceptors (Lipinski definition) is 6. The fraction of sp³-hybridized carbons (Fsp3) is 0.292. The van der Waals surface area contributed by atoms with Crippen molar-refractivity contribution in [3.05, 3.63) is 70.2 Å². The minimum atomic E-state index is -0.827. The molecule has 0 aliphatic heterocycles. The summed E-state index contributed by atoms with van der Waals surface area (Å²) in [6.45, 7) is 5.22. The van der Waals surface area contributed by atoms with Gasteiger partial charge in [-0.05, 0) is 62.2 Å². The predicted molar refractivity (Wildman–Crippen MR) is 127 cm³/mol. The van der Waals surface area contributed by atoms with Crippen LogP contribution in [0.15, 0.2) is 59.1 Å². The molecule has 0 unspecified atom stereocenters. The van der Waals surface area contributed by atoms with Gasteiger partial charge in [-0.15, -0.1) is 0 Å². The van der Waals surface area contributed by atoms with Crippen molar-refractivity contribution < 1.29 is 29.4 Å². The van der Waals surface area contributed by atoms with E-state index < -0.39 is 23.5 Å². The summed E-state index contributed by atoms with van der Waals surface area (Å²) in [5, 5.41) is 21.7. The van der Waals surface area contributed by atoms with Crippen molar-refractivity contribution in [3.63, 3.8) is 0 Å². The molecule has 0 aliphatic carbocycles. The van der Waals surface area contributed by atoms with Gasteiger partial charge in [0.25, 0.3) is 5.91 Å². The number of ether oxygens (including phenoxy) is 1. The molecule has 0 saturated carbocycles. The van der Waals surface area contributed by atoms with Crippen LogP contribution >= 0.6 is 15.9 Å². The lowest BCUT2D eigenvalue weighted by atomic mass is 9.78. The molecule has 2 aromatic carbocycles. The number of rotatable bonds is 9. The molecule has 2 rings (SSSR count). The molecule has 0 aromatic heterocycles. The molecule has 2 aromatic rings. The average Bonchev–Trinajstić information content (AvgIpc) is 2.77. The first-order valence-corrected chi connectivity index (χ1v) is 11.0. The number of anilines is 1. The lowest BCUT2D eigenvalue weighted by molar-refractivity contribution is -0.124. The van der Waals surface area contributed by atoms with Gasteiger partial charge < -0.3 is 9.84 Å². The number of hydrogen-bond donors (Lipinski definition) is 4. The third kappa shape index (κ3) is 7.73. The van der Waals surface area contributed by atoms with Crippen LogP contribution in [0.4, 0.5) is 10.5 Å². The van der Waals surface area contributed by atoms with Crippen LogP contribution in [0.3, 0.4) is 0 Å². The standard InChI is InChI=1S/C24H27BrN2O6/c1-15(28)16-7-10-18(11-8-16)26-23(31)33-22(19-14-17(25)9-12-20(19)29)24(2,3)13-5-4-6-21(30)27-32/h4,6-12,14,22,29,32H,5,13H2,1-3H3,(H,26,31)(H,27,30)/b6-4+/t22-/m1/s1. The first kappa shape index (κ1) is 26.1. The van der Waals surface area contributed by atoms with Gasteiger partial charge in [-0.25, -0.2) is 10.3 Å². The maximum Gasteiger partial charge on any atom is 0.412 e. The Kier molecular flexibility index (Phi) is 9.19. The van der Waals surface area contributed by atoms with E-state index in [1.165, 1.54) is 24.5 Å². The number of phenolic OH excluding ortho intramolecular Hbond substituents is 1. The van der Waals surface area contributed by atoms with Gasteiger partial charge in [0.05, 0.1) is 0 Å². The second-order valence-electron chi connectivity index (χ2n) is 8.15. The first-order chi connectivity index (χ1) is 15.5. The van der Waals surface area contributed by atoms with Gasteiger partial charge in [0.1, 0.15) is 11.9 Å². The topological polar surface area (TPSA) is 125 Å². The summed E-state index contributed by atoms with van der Waals surface area (Å²) in [5.41, 5.74) is 2.28. The summed E-state index contributed by atoms with van der Waals surface area (Å²) in [4.78, 5) is 35.3. The average molecular weight is 519 g/mol. The quantitative estimate of drug-likeness (QED) is 0.150. The van der Waals surface area contributed by atoms with Gasteiger partial charge in [0.2, 0.25) is 0 Å². The highest BCUT2D eigenvalue weighted by Crippen LogP contribution is 2.44. The van der Waals surface area contributed by atoms with Crippen molar-refractivity contribution in [1.29, 1.82) is 0 Å². The number of Topliss-reactive ketones (excluding diaryl/α,β-unsaturated/α-hetero) is 1. The molecule has 0 aliphatic rings. The number of aromatic hydroxyl groups is 1. The lowest BCUT2D eigenvalue weighted by Crippen LogP contribution is -2.29. The highest BCUT2D eigenvalue weighted by atomic mass is 79.9. The monoisotopic (exact) mass is 518 g/mol. The Labute approximate surface area is 200 Å². The van der Waals surface area contributed by atoms with Crippen LogP contribution in [0.1, 0.15) is 55.6 Å². The van der Waals surface area contributed by atoms with E-state index in [0.717, 1.165) is 0 Å². The van der Waals surface area contributed by atoms with Gasteiger partial charge in [-0.3, -0.25) is 20.1 Å². The second-order valence-corrected chi connectivity index (χ2v) is 9.07. The number of nitrogens with one attached hydrogen (secondary N) is 2. The van der Waals surface area contributed by atoms with E-state index in [9.17, 15) is 19.5 Å². The zero-order chi connectivity index (χ0) is 24.6. The fourth-order valence-electron chi connectivity index (χ4n) is 3.24. The minimum absolute atomic E-state index is 0.0231. The smallest absolute Gasteiger partial charge is 0.412 e. The highest BCUT2D eigenvalue weighted by Gasteiger charge is 2.35. The molecule has 4 N–H and O–H groups in total. The number of carbonyl (C=O) groups is 3. The van der Waals surface area contributed by atoms with Crippen molar-refractivity contribution in [1.82, 2.24) is 5.48 Å². The van der Waals surface area contributed by atoms with E-state index in [1.807, 2.05) is 13.8 Å². The lowest BCUT2D eigenvalue weighted by Gasteiger charge is -2.34. The van der Waals surface area contributed by atoms with Crippen LogP contribution in [-0.2, 0) is 9.53 Å². The normalized spacial score (nSPS) is 12.3. The summed E-state index contributed by atoms with van der Waals surface area (Å²) >= 11 is 3.38. The molecule has 176 valence electrons. The highest BCUT2D eigenvalue weighted by molar-refractivity contribution is 9.10. The van der Waals surface area contributed by atoms with Crippen molar-refractivity contribution in [2.24, 2.45) is 5.41 Å². The molecule has 0 saturated heterocycles. The Morgan fingerprint density at radius 1 is 1.15 bits per heavy atom. The van der Waals surface area contributed by atoms with Crippen molar-refractivity contribution >= 4 is 39.4 Å². The molecule has 1 atom stereocenters. The molecule has 0 bridgehead atoms. The van der Waals surface area contributed by atoms with Crippen molar-refractivity contribution in [3.8, 4) is 5.75 Å². The fourth-order valence-corrected chi connectivity index (χ4v) is 3.61. The van der Waals surface area contributed by atoms with E-state index in [1.54, 1.807) is 42.5 Å². The Morgan fingerprint density at radius 3 is 2.42 bits per heavy atom. The Balaban J connectivity index is 2.24. The molecule has 0 spiro atoms. The minimum Gasteiger partial charge on any atom is -0.508 e. The van der Waals surface area contributed by atoms with Gasteiger partial charge in [0, 0.05) is 32.8 Å². The Hall–Kier alpha value is -3.17. The van der Waals surface area contributed by atoms with Crippen LogP contribution < -0.4 is 10.8 Å². The Bertz CT molecular complexity index is 1030. The molecule has 8 nitrogen and oxygen atoms in total. The number of carbonyl (C=O) groups excluding carboxylic acids is 3. The maximum atomic E-state index is 12.7. The molecule has 33 heavy (non-hydrogen) atoms. The number of phenols is 1. The van der Waals surface area contributed by atoms with E-state index in [2.05, 4.69) is 21.2 Å². The van der Waals surface area contributed by atoms with Crippen LogP contribution in [0.2, 0.25) is 0 Å². The third-order valence-electron chi connectivity index (χ3n) is 5.08. The molecule has 9 heteroatoms. The number of halogens is 1. The largest absolute Gasteiger partial charge is 0.508 e. The molecular weight excluding hydrogens is 492 g/mol. The van der Waals surface area contributed by atoms with Crippen LogP contribution in [0, 0.1) is 5.41 Å². The molecule has 0 radical (unpaired) electrons. The molecule has 2 amide bonds. The zero-order valence-electron chi connectivity index (χ0n) is 18.6. The van der Waals surface area contributed by atoms with Crippen LogP contribution in [0.25, 0.3) is 0 Å². The van der Waals surface area contributed by atoms with Crippen molar-refractivity contribution in [2.45, 2.75) is 39.7 Å². The molecule has 0 heterocycles. The van der Waals surface area contributed by atoms with Crippen LogP contribution in [0.5, 0.6) is 5.75 Å². The summed E-state index contributed by atoms with van der Waals surface area (Å²) in [7, 11) is 0. The van der Waals surface area contributed by atoms with Gasteiger partial charge in [-0.2, -0.15) is 0 Å². The number of allylic oxidation sites excluding steroid dienone is 1. The summed E-state index contributed by atoms with van der Waals surface area (Å²) in [5.74, 6) is -0.743. The van der Waals surface area contributed by atoms with Gasteiger partial charge >= 0.3 is 6.09 Å².